The zero-order chi connectivity index (χ0) is 18.9. The highest BCUT2D eigenvalue weighted by Gasteiger charge is 2.03. The Kier molecular flexibility index (Phi) is 6.14. The number of amidine groups is 1. The maximum absolute atomic E-state index is 12.9. The van der Waals surface area contributed by atoms with Crippen LogP contribution in [0.4, 0.5) is 4.39 Å². The fourth-order valence-electron chi connectivity index (χ4n) is 2.17. The van der Waals surface area contributed by atoms with Crippen LogP contribution in [0.15, 0.2) is 84.2 Å². The molecule has 5 nitrogen and oxygen atoms in total. The molecule has 0 aliphatic heterocycles. The predicted molar refractivity (Wildman–Crippen MR) is 103 cm³/mol. The second kappa shape index (κ2) is 9.15. The zero-order valence-electron chi connectivity index (χ0n) is 14.5. The van der Waals surface area contributed by atoms with Crippen LogP contribution in [-0.4, -0.2) is 17.4 Å². The molecule has 0 saturated carbocycles. The first-order chi connectivity index (χ1) is 13.2. The minimum atomic E-state index is -0.326. The molecule has 27 heavy (non-hydrogen) atoms. The van der Waals surface area contributed by atoms with Crippen molar-refractivity contribution in [2.45, 2.75) is 0 Å². The van der Waals surface area contributed by atoms with Gasteiger partial charge in [-0.2, -0.15) is 0 Å². The second-order valence-electron chi connectivity index (χ2n) is 5.53. The average molecular weight is 363 g/mol. The molecule has 0 bridgehead atoms. The van der Waals surface area contributed by atoms with Crippen LogP contribution in [-0.2, 0) is 4.84 Å². The molecule has 2 N–H and O–H groups in total. The van der Waals surface area contributed by atoms with Crippen LogP contribution in [0.2, 0.25) is 0 Å². The monoisotopic (exact) mass is 363 g/mol. The molecule has 1 heterocycles. The molecule has 0 spiro atoms. The van der Waals surface area contributed by atoms with Gasteiger partial charge in [0.2, 0.25) is 5.88 Å². The third-order valence-electron chi connectivity index (χ3n) is 3.51. The van der Waals surface area contributed by atoms with Crippen LogP contribution in [0.3, 0.4) is 0 Å². The van der Waals surface area contributed by atoms with E-state index in [1.54, 1.807) is 12.1 Å². The van der Waals surface area contributed by atoms with Gasteiger partial charge in [0.15, 0.2) is 5.84 Å². The van der Waals surface area contributed by atoms with E-state index in [0.29, 0.717) is 23.8 Å². The number of hydrogen-bond acceptors (Lipinski definition) is 4. The van der Waals surface area contributed by atoms with E-state index >= 15 is 0 Å². The van der Waals surface area contributed by atoms with Crippen LogP contribution >= 0.6 is 0 Å². The first-order valence-electron chi connectivity index (χ1n) is 8.27. The first-order valence-corrected chi connectivity index (χ1v) is 8.27. The molecule has 0 unspecified atom stereocenters. The number of hydrogen-bond donors (Lipinski definition) is 1. The molecule has 0 aliphatic rings. The number of rotatable bonds is 7. The standard InChI is InChI=1S/C21H18FN3O2/c22-18-9-11-19(12-10-18)27-20-13-8-17(15-24-20)21(23)25-26-14-4-7-16-5-2-1-3-6-16/h1-13,15H,14H2,(H2,23,25)/b7-4-. The summed E-state index contributed by atoms with van der Waals surface area (Å²) in [6.45, 7) is 0.300. The number of ether oxygens (including phenoxy) is 1. The molecule has 0 aliphatic carbocycles. The lowest BCUT2D eigenvalue weighted by molar-refractivity contribution is 0.175. The Hall–Kier alpha value is -3.67. The molecule has 136 valence electrons. The van der Waals surface area contributed by atoms with Gasteiger partial charge >= 0.3 is 0 Å². The lowest BCUT2D eigenvalue weighted by Crippen LogP contribution is -2.14. The van der Waals surface area contributed by atoms with Crippen molar-refractivity contribution in [3.05, 3.63) is 95.9 Å². The summed E-state index contributed by atoms with van der Waals surface area (Å²) in [4.78, 5) is 9.35. The van der Waals surface area contributed by atoms with Crippen LogP contribution in [0.5, 0.6) is 11.6 Å². The highest BCUT2D eigenvalue weighted by atomic mass is 19.1. The molecule has 0 fully saturated rings. The summed E-state index contributed by atoms with van der Waals surface area (Å²) in [7, 11) is 0. The Bertz CT molecular complexity index is 908. The van der Waals surface area contributed by atoms with Gasteiger partial charge in [0.25, 0.3) is 0 Å². The number of benzene rings is 2. The Labute approximate surface area is 156 Å². The molecule has 1 aromatic heterocycles. The number of halogens is 1. The summed E-state index contributed by atoms with van der Waals surface area (Å²) in [6, 6.07) is 18.9. The Morgan fingerprint density at radius 3 is 2.52 bits per heavy atom. The SMILES string of the molecule is N/C(=N\OC/C=C\c1ccccc1)c1ccc(Oc2ccc(F)cc2)nc1. The second-order valence-corrected chi connectivity index (χ2v) is 5.53. The molecule has 0 atom stereocenters. The summed E-state index contributed by atoms with van der Waals surface area (Å²) in [5.74, 6) is 0.744. The summed E-state index contributed by atoms with van der Waals surface area (Å²) in [5.41, 5.74) is 7.57. The maximum atomic E-state index is 12.9. The predicted octanol–water partition coefficient (Wildman–Crippen LogP) is 4.36. The normalized spacial score (nSPS) is 11.5. The number of nitrogens with two attached hydrogens (primary N) is 1. The minimum absolute atomic E-state index is 0.212. The number of nitrogens with zero attached hydrogens (tertiary/aromatic N) is 2. The van der Waals surface area contributed by atoms with E-state index in [2.05, 4.69) is 10.1 Å². The van der Waals surface area contributed by atoms with E-state index < -0.39 is 0 Å². The van der Waals surface area contributed by atoms with Gasteiger partial charge in [-0.15, -0.1) is 0 Å². The maximum Gasteiger partial charge on any atom is 0.219 e. The number of oxime groups is 1. The van der Waals surface area contributed by atoms with Gasteiger partial charge in [0.1, 0.15) is 18.2 Å². The van der Waals surface area contributed by atoms with Gasteiger partial charge in [0, 0.05) is 17.8 Å². The Morgan fingerprint density at radius 2 is 1.81 bits per heavy atom. The van der Waals surface area contributed by atoms with E-state index in [4.69, 9.17) is 15.3 Å². The topological polar surface area (TPSA) is 69.7 Å². The Morgan fingerprint density at radius 1 is 1.04 bits per heavy atom. The highest BCUT2D eigenvalue weighted by molar-refractivity contribution is 5.96. The molecule has 0 amide bonds. The van der Waals surface area contributed by atoms with E-state index in [9.17, 15) is 4.39 Å². The van der Waals surface area contributed by atoms with Crippen molar-refractivity contribution >= 4 is 11.9 Å². The average Bonchev–Trinajstić information content (AvgIpc) is 2.71. The van der Waals surface area contributed by atoms with Crippen molar-refractivity contribution < 1.29 is 14.0 Å². The van der Waals surface area contributed by atoms with Gasteiger partial charge < -0.3 is 15.3 Å². The minimum Gasteiger partial charge on any atom is -0.439 e. The molecule has 0 saturated heterocycles. The van der Waals surface area contributed by atoms with E-state index in [0.717, 1.165) is 5.56 Å². The number of aromatic nitrogens is 1. The van der Waals surface area contributed by atoms with Gasteiger partial charge in [-0.05, 0) is 42.0 Å². The molecular formula is C21H18FN3O2. The van der Waals surface area contributed by atoms with Crippen molar-refractivity contribution in [1.82, 2.24) is 4.98 Å². The summed E-state index contributed by atoms with van der Waals surface area (Å²) >= 11 is 0. The lowest BCUT2D eigenvalue weighted by Gasteiger charge is -2.05. The quantitative estimate of drug-likeness (QED) is 0.293. The third-order valence-corrected chi connectivity index (χ3v) is 3.51. The summed E-state index contributed by atoms with van der Waals surface area (Å²) in [6.07, 6.45) is 5.32. The van der Waals surface area contributed by atoms with Gasteiger partial charge in [0.05, 0.1) is 0 Å². The van der Waals surface area contributed by atoms with Crippen LogP contribution in [0.1, 0.15) is 11.1 Å². The highest BCUT2D eigenvalue weighted by Crippen LogP contribution is 2.19. The number of pyridine rings is 1. The molecule has 6 heteroatoms. The molecule has 0 radical (unpaired) electrons. The zero-order valence-corrected chi connectivity index (χ0v) is 14.5. The van der Waals surface area contributed by atoms with Gasteiger partial charge in [-0.3, -0.25) is 0 Å². The first kappa shape index (κ1) is 18.1. The van der Waals surface area contributed by atoms with E-state index in [-0.39, 0.29) is 11.7 Å². The van der Waals surface area contributed by atoms with Crippen molar-refractivity contribution in [3.8, 4) is 11.6 Å². The molecule has 3 rings (SSSR count). The summed E-state index contributed by atoms with van der Waals surface area (Å²) in [5, 5.41) is 3.87. The van der Waals surface area contributed by atoms with Gasteiger partial charge in [-0.1, -0.05) is 41.6 Å². The van der Waals surface area contributed by atoms with Crippen molar-refractivity contribution in [2.24, 2.45) is 10.9 Å². The lowest BCUT2D eigenvalue weighted by atomic mass is 10.2. The Balaban J connectivity index is 1.52. The van der Waals surface area contributed by atoms with E-state index in [1.165, 1.54) is 30.5 Å². The largest absolute Gasteiger partial charge is 0.439 e. The molecule has 2 aromatic carbocycles. The van der Waals surface area contributed by atoms with Crippen molar-refractivity contribution in [3.63, 3.8) is 0 Å². The smallest absolute Gasteiger partial charge is 0.219 e. The molecular weight excluding hydrogens is 345 g/mol. The van der Waals surface area contributed by atoms with Gasteiger partial charge in [-0.25, -0.2) is 9.37 Å². The van der Waals surface area contributed by atoms with Crippen LogP contribution in [0, 0.1) is 5.82 Å². The van der Waals surface area contributed by atoms with Crippen molar-refractivity contribution in [1.29, 1.82) is 0 Å². The fourth-order valence-corrected chi connectivity index (χ4v) is 2.17. The third kappa shape index (κ3) is 5.67. The van der Waals surface area contributed by atoms with E-state index in [1.807, 2.05) is 42.5 Å². The summed E-state index contributed by atoms with van der Waals surface area (Å²) < 4.78 is 18.4. The van der Waals surface area contributed by atoms with Crippen LogP contribution in [0.25, 0.3) is 6.08 Å². The molecule has 3 aromatic rings. The van der Waals surface area contributed by atoms with Crippen LogP contribution < -0.4 is 10.5 Å². The van der Waals surface area contributed by atoms with Crippen molar-refractivity contribution in [2.75, 3.05) is 6.61 Å². The fraction of sp³-hybridized carbons (Fsp3) is 0.0476.